The lowest BCUT2D eigenvalue weighted by molar-refractivity contribution is -0.138. The molecule has 1 N–H and O–H groups in total. The zero-order chi connectivity index (χ0) is 20.8. The Labute approximate surface area is 170 Å². The zero-order valence-electron chi connectivity index (χ0n) is 17.1. The fourth-order valence-corrected chi connectivity index (χ4v) is 4.12. The molecule has 2 saturated heterocycles. The molecule has 8 nitrogen and oxygen atoms in total. The number of piperidine rings is 1. The molecule has 8 heteroatoms. The van der Waals surface area contributed by atoms with Gasteiger partial charge in [-0.15, -0.1) is 0 Å². The first kappa shape index (κ1) is 19.5. The molecule has 3 amide bonds. The fourth-order valence-electron chi connectivity index (χ4n) is 4.12. The molecule has 1 spiro atoms. The molecule has 3 heterocycles. The zero-order valence-corrected chi connectivity index (χ0v) is 17.1. The summed E-state index contributed by atoms with van der Waals surface area (Å²) in [5, 5.41) is 2.44. The van der Waals surface area contributed by atoms with E-state index in [9.17, 15) is 14.4 Å². The van der Waals surface area contributed by atoms with Gasteiger partial charge in [-0.05, 0) is 33.3 Å². The molecule has 0 aromatic heterocycles. The summed E-state index contributed by atoms with van der Waals surface area (Å²) in [5.41, 5.74) is 0.574. The van der Waals surface area contributed by atoms with Crippen LogP contribution in [0.1, 0.15) is 39.2 Å². The number of anilines is 1. The highest BCUT2D eigenvalue weighted by atomic mass is 16.6. The molecule has 1 aromatic carbocycles. The van der Waals surface area contributed by atoms with Crippen molar-refractivity contribution in [1.29, 1.82) is 0 Å². The van der Waals surface area contributed by atoms with Crippen molar-refractivity contribution in [2.75, 3.05) is 37.7 Å². The number of carbonyl (C=O) groups is 3. The Morgan fingerprint density at radius 2 is 1.90 bits per heavy atom. The number of carbonyl (C=O) groups excluding carboxylic acids is 3. The van der Waals surface area contributed by atoms with E-state index >= 15 is 0 Å². The van der Waals surface area contributed by atoms with E-state index in [1.807, 2.05) is 39.0 Å². The summed E-state index contributed by atoms with van der Waals surface area (Å²) in [7, 11) is 0. The van der Waals surface area contributed by atoms with E-state index in [2.05, 4.69) is 10.2 Å². The van der Waals surface area contributed by atoms with Gasteiger partial charge in [-0.1, -0.05) is 6.07 Å². The normalized spacial score (nSPS) is 24.2. The van der Waals surface area contributed by atoms with Crippen LogP contribution in [0.3, 0.4) is 0 Å². The van der Waals surface area contributed by atoms with Gasteiger partial charge in [0, 0.05) is 49.9 Å². The van der Waals surface area contributed by atoms with Gasteiger partial charge in [0.15, 0.2) is 0 Å². The molecule has 3 aliphatic rings. The Balaban J connectivity index is 1.44. The predicted molar refractivity (Wildman–Crippen MR) is 106 cm³/mol. The number of amides is 3. The average molecular weight is 401 g/mol. The number of fused-ring (bicyclic) bond motifs is 2. The molecule has 3 aliphatic heterocycles. The highest BCUT2D eigenvalue weighted by Gasteiger charge is 2.50. The fraction of sp³-hybridized carbons (Fsp3) is 0.571. The van der Waals surface area contributed by atoms with Crippen molar-refractivity contribution in [3.63, 3.8) is 0 Å². The lowest BCUT2D eigenvalue weighted by atomic mass is 9.75. The predicted octanol–water partition coefficient (Wildman–Crippen LogP) is 1.81. The van der Waals surface area contributed by atoms with Gasteiger partial charge in [0.05, 0.1) is 0 Å². The Bertz CT molecular complexity index is 854. The van der Waals surface area contributed by atoms with Crippen molar-refractivity contribution in [3.05, 3.63) is 23.8 Å². The van der Waals surface area contributed by atoms with Gasteiger partial charge in [0.25, 0.3) is 0 Å². The number of hydrogen-bond donors (Lipinski definition) is 1. The summed E-state index contributed by atoms with van der Waals surface area (Å²) in [6.45, 7) is 8.40. The first-order valence-corrected chi connectivity index (χ1v) is 10.0. The monoisotopic (exact) mass is 401 g/mol. The van der Waals surface area contributed by atoms with Crippen molar-refractivity contribution >= 4 is 23.6 Å². The summed E-state index contributed by atoms with van der Waals surface area (Å²) in [6, 6.07) is 5.88. The Morgan fingerprint density at radius 3 is 2.55 bits per heavy atom. The van der Waals surface area contributed by atoms with Gasteiger partial charge in [-0.2, -0.15) is 0 Å². The molecule has 1 atom stereocenters. The Morgan fingerprint density at radius 1 is 1.17 bits per heavy atom. The van der Waals surface area contributed by atoms with E-state index in [1.54, 1.807) is 4.90 Å². The Hall–Kier alpha value is -2.77. The number of nitrogens with zero attached hydrogens (tertiary/aromatic N) is 2. The maximum absolute atomic E-state index is 12.5. The standard InChI is InChI=1S/C21H27N3O5/c1-20(2,3)29-19(27)24-10-8-23(9-11-24)14-4-5-15-16(12-14)28-13-21(15)7-6-17(25)22-18(21)26/h4-5,12H,6-11,13H2,1-3H3,(H,22,25,26). The van der Waals surface area contributed by atoms with Gasteiger partial charge in [0.2, 0.25) is 11.8 Å². The van der Waals surface area contributed by atoms with Crippen LogP contribution in [0, 0.1) is 0 Å². The SMILES string of the molecule is CC(C)(C)OC(=O)N1CCN(c2ccc3c(c2)OCC32CCC(=O)NC2=O)CC1. The smallest absolute Gasteiger partial charge is 0.410 e. The minimum Gasteiger partial charge on any atom is -0.492 e. The van der Waals surface area contributed by atoms with Gasteiger partial charge < -0.3 is 19.3 Å². The van der Waals surface area contributed by atoms with E-state index < -0.39 is 11.0 Å². The van der Waals surface area contributed by atoms with Gasteiger partial charge in [-0.25, -0.2) is 4.79 Å². The number of nitrogens with one attached hydrogen (secondary N) is 1. The van der Waals surface area contributed by atoms with Crippen LogP contribution in [0.2, 0.25) is 0 Å². The summed E-state index contributed by atoms with van der Waals surface area (Å²) >= 11 is 0. The van der Waals surface area contributed by atoms with Gasteiger partial charge in [0.1, 0.15) is 23.4 Å². The van der Waals surface area contributed by atoms with E-state index in [-0.39, 0.29) is 24.5 Å². The van der Waals surface area contributed by atoms with Gasteiger partial charge >= 0.3 is 6.09 Å². The van der Waals surface area contributed by atoms with E-state index in [1.165, 1.54) is 0 Å². The summed E-state index contributed by atoms with van der Waals surface area (Å²) < 4.78 is 11.3. The maximum Gasteiger partial charge on any atom is 0.410 e. The van der Waals surface area contributed by atoms with Crippen molar-refractivity contribution in [3.8, 4) is 5.75 Å². The van der Waals surface area contributed by atoms with Crippen LogP contribution in [0.5, 0.6) is 5.75 Å². The minimum atomic E-state index is -0.767. The number of rotatable bonds is 1. The summed E-state index contributed by atoms with van der Waals surface area (Å²) in [5.74, 6) is 0.196. The molecule has 2 fully saturated rings. The molecule has 156 valence electrons. The molecule has 29 heavy (non-hydrogen) atoms. The van der Waals surface area contributed by atoms with E-state index in [0.29, 0.717) is 44.8 Å². The van der Waals surface area contributed by atoms with Crippen LogP contribution in [0.15, 0.2) is 18.2 Å². The highest BCUT2D eigenvalue weighted by molar-refractivity contribution is 6.04. The minimum absolute atomic E-state index is 0.228. The molecular formula is C21H27N3O5. The maximum atomic E-state index is 12.5. The molecule has 0 saturated carbocycles. The van der Waals surface area contributed by atoms with E-state index in [0.717, 1.165) is 11.3 Å². The van der Waals surface area contributed by atoms with Crippen LogP contribution in [0.25, 0.3) is 0 Å². The topological polar surface area (TPSA) is 88.2 Å². The van der Waals surface area contributed by atoms with Crippen LogP contribution in [0.4, 0.5) is 10.5 Å². The van der Waals surface area contributed by atoms with Crippen LogP contribution < -0.4 is 15.0 Å². The molecule has 1 aromatic rings. The lowest BCUT2D eigenvalue weighted by Gasteiger charge is -2.37. The summed E-state index contributed by atoms with van der Waals surface area (Å²) in [6.07, 6.45) is 0.510. The molecular weight excluding hydrogens is 374 g/mol. The van der Waals surface area contributed by atoms with Crippen LogP contribution in [-0.4, -0.2) is 61.2 Å². The third kappa shape index (κ3) is 3.63. The van der Waals surface area contributed by atoms with Gasteiger partial charge in [-0.3, -0.25) is 14.9 Å². The lowest BCUT2D eigenvalue weighted by Crippen LogP contribution is -2.52. The number of imide groups is 1. The van der Waals surface area contributed by atoms with Crippen LogP contribution in [-0.2, 0) is 19.7 Å². The third-order valence-corrected chi connectivity index (χ3v) is 5.72. The second-order valence-electron chi connectivity index (χ2n) is 8.88. The molecule has 1 unspecified atom stereocenters. The number of ether oxygens (including phenoxy) is 2. The van der Waals surface area contributed by atoms with Crippen molar-refractivity contribution in [1.82, 2.24) is 10.2 Å². The second-order valence-corrected chi connectivity index (χ2v) is 8.88. The van der Waals surface area contributed by atoms with Crippen molar-refractivity contribution < 1.29 is 23.9 Å². The number of benzene rings is 1. The Kier molecular flexibility index (Phi) is 4.67. The van der Waals surface area contributed by atoms with Crippen molar-refractivity contribution in [2.45, 2.75) is 44.6 Å². The third-order valence-electron chi connectivity index (χ3n) is 5.72. The molecule has 0 radical (unpaired) electrons. The van der Waals surface area contributed by atoms with E-state index in [4.69, 9.17) is 9.47 Å². The molecule has 4 rings (SSSR count). The summed E-state index contributed by atoms with van der Waals surface area (Å²) in [4.78, 5) is 40.2. The quantitative estimate of drug-likeness (QED) is 0.722. The number of piperazine rings is 1. The van der Waals surface area contributed by atoms with Crippen LogP contribution >= 0.6 is 0 Å². The first-order chi connectivity index (χ1) is 13.7. The van der Waals surface area contributed by atoms with Crippen molar-refractivity contribution in [2.24, 2.45) is 0 Å². The molecule has 0 bridgehead atoms. The first-order valence-electron chi connectivity index (χ1n) is 10.0. The molecule has 0 aliphatic carbocycles. The second kappa shape index (κ2) is 6.93. The number of hydrogen-bond acceptors (Lipinski definition) is 6. The average Bonchev–Trinajstić information content (AvgIpc) is 3.03. The largest absolute Gasteiger partial charge is 0.492 e. The highest BCUT2D eigenvalue weighted by Crippen LogP contribution is 2.45.